The van der Waals surface area contributed by atoms with Crippen LogP contribution in [-0.2, 0) is 108 Å². The molecule has 3 aromatic carbocycles. The van der Waals surface area contributed by atoms with E-state index in [1.54, 1.807) is 36.4 Å². The van der Waals surface area contributed by atoms with Gasteiger partial charge in [0.1, 0.15) is -0.0619 Å². The van der Waals surface area contributed by atoms with Crippen molar-refractivity contribution in [2.75, 3.05) is 11.5 Å². The van der Waals surface area contributed by atoms with Crippen molar-refractivity contribution in [2.24, 2.45) is 0 Å². The first-order valence-electron chi connectivity index (χ1n) is 14.0. The summed E-state index contributed by atoms with van der Waals surface area (Å²) in [5.41, 5.74) is 0. The summed E-state index contributed by atoms with van der Waals surface area (Å²) in [4.78, 5) is 10.7. The Labute approximate surface area is 471 Å². The molecule has 0 bridgehead atoms. The number of hydrogen-bond acceptors (Lipinski definition) is 2. The molecule has 0 N–H and O–H groups in total. The van der Waals surface area contributed by atoms with Crippen LogP contribution in [0.3, 0.4) is 0 Å². The maximum Gasteiger partial charge on any atom is 0.257 e. The third-order valence-corrected chi connectivity index (χ3v) is 4.02. The van der Waals surface area contributed by atoms with Crippen molar-refractivity contribution in [3.8, 4) is 0 Å². The summed E-state index contributed by atoms with van der Waals surface area (Å²) < 4.78 is 10.1. The van der Waals surface area contributed by atoms with Crippen LogP contribution in [0.25, 0.3) is 36.5 Å². The number of benzene rings is 3. The molecule has 0 fully saturated rings. The number of halogens is 7. The first-order valence-corrected chi connectivity index (χ1v) is 22.9. The van der Waals surface area contributed by atoms with Gasteiger partial charge in [-0.3, -0.25) is 41.5 Å². The van der Waals surface area contributed by atoms with Crippen LogP contribution >= 0.6 is 158 Å². The molecule has 0 saturated carbocycles. The van der Waals surface area contributed by atoms with Crippen LogP contribution in [0.5, 0.6) is 0 Å². The fourth-order valence-electron chi connectivity index (χ4n) is 1.87. The minimum atomic E-state index is -0.520. The van der Waals surface area contributed by atoms with Gasteiger partial charge >= 0.3 is 0 Å². The molecule has 49 heavy (non-hydrogen) atoms. The molecule has 3 radical (unpaired) electrons. The van der Waals surface area contributed by atoms with Crippen molar-refractivity contribution in [3.05, 3.63) is 104 Å². The third kappa shape index (κ3) is 64.9. The zero-order valence-electron chi connectivity index (χ0n) is 29.8. The molecule has 0 aliphatic carbocycles. The van der Waals surface area contributed by atoms with Crippen LogP contribution in [-0.4, -0.2) is 19.4 Å². The van der Waals surface area contributed by atoms with E-state index in [4.69, 9.17) is 26.3 Å². The molecule has 271 valence electrons. The largest absolute Gasteiger partial charge is 0.476 e. The smallest absolute Gasteiger partial charge is 0.257 e. The maximum absolute atomic E-state index is 10.7. The van der Waals surface area contributed by atoms with Gasteiger partial charge in [0.15, 0.2) is 0 Å². The zero-order chi connectivity index (χ0) is 37.5. The molecule has 2 nitrogen and oxygen atoms in total. The van der Waals surface area contributed by atoms with E-state index in [1.807, 2.05) is 101 Å². The number of rotatable bonds is 1. The molecule has 3 aromatic rings. The second-order valence-corrected chi connectivity index (χ2v) is 25.6. The van der Waals surface area contributed by atoms with Crippen LogP contribution in [0.15, 0.2) is 72.8 Å². The fraction of sp³-hybridized carbons (Fsp3) is 0.324. The van der Waals surface area contributed by atoms with Gasteiger partial charge in [0.25, 0.3) is 5.97 Å². The van der Waals surface area contributed by atoms with Crippen molar-refractivity contribution in [1.82, 2.24) is 0 Å². The van der Waals surface area contributed by atoms with Crippen molar-refractivity contribution < 1.29 is 108 Å². The molecule has 12 heteroatoms. The van der Waals surface area contributed by atoms with Crippen LogP contribution in [0.4, 0.5) is 0 Å². The molecule has 0 aromatic heterocycles. The van der Waals surface area contributed by atoms with Crippen molar-refractivity contribution in [3.63, 3.8) is 0 Å². The summed E-state index contributed by atoms with van der Waals surface area (Å²) in [5, 5.41) is 4.12. The number of methoxy groups -OCH3 is 1. The summed E-state index contributed by atoms with van der Waals surface area (Å²) in [6.07, 6.45) is 2.47. The molecule has 0 spiro atoms. The maximum atomic E-state index is 10.7. The Morgan fingerprint density at radius 3 is 1.06 bits per heavy atom. The molecule has 0 aliphatic heterocycles. The molecular formula is C37H47I7O2Y3-6. The first kappa shape index (κ1) is 74.7. The van der Waals surface area contributed by atoms with Gasteiger partial charge in [0.2, 0.25) is 0 Å². The number of esters is 1. The Bertz CT molecular complexity index is 1360. The second kappa shape index (κ2) is 62.0. The van der Waals surface area contributed by atoms with Gasteiger partial charge in [-0.2, -0.15) is 32.7 Å². The Balaban J connectivity index is -0.0000000563. The van der Waals surface area contributed by atoms with Crippen LogP contribution in [0, 0.1) is 0 Å². The Hall–Kier alpha value is 4.77. The summed E-state index contributed by atoms with van der Waals surface area (Å²) in [6, 6.07) is 21.9. The van der Waals surface area contributed by atoms with Gasteiger partial charge in [0, 0.05) is 98.1 Å². The standard InChI is InChI=1S/C10H8O2.C8H5I.C8H6.C2H4I2.C2H5I.3C2H6.CHI3.3Y/c1-8-5-3-4-6-9(8)7-10(11)12-2;1-7-4-2-3-5-8(7)6-9;1-7-5-3-4-6-8(7)2;1-2(3)4;1-2-3;3*1-2;2-1(3)4;;;/h1,3-6H,2H3;1-5H;1-6H;2H,1H3;2H2,1H3;3*1-2H3;1H;;;/q3*-2;;;;;;;;;. The molecule has 0 atom stereocenters. The third-order valence-electron chi connectivity index (χ3n) is 3.44. The summed E-state index contributed by atoms with van der Waals surface area (Å²) in [5.74, 6) is -0.520. The van der Waals surface area contributed by atoms with Gasteiger partial charge < -0.3 is 25.6 Å². The topological polar surface area (TPSA) is 26.3 Å². The molecular weight excluding hydrogens is 1630 g/mol. The Morgan fingerprint density at radius 1 is 0.653 bits per heavy atom. The Kier molecular flexibility index (Phi) is 94.5. The molecule has 0 heterocycles. The first-order chi connectivity index (χ1) is 21.8. The monoisotopic (exact) mass is 1680 g/mol. The van der Waals surface area contributed by atoms with E-state index in [0.29, 0.717) is 20.9 Å². The molecule has 3 rings (SSSR count). The van der Waals surface area contributed by atoms with Gasteiger partial charge in [-0.1, -0.05) is 184 Å². The minimum Gasteiger partial charge on any atom is -0.476 e. The van der Waals surface area contributed by atoms with Gasteiger partial charge in [-0.05, 0) is 11.4 Å². The van der Waals surface area contributed by atoms with E-state index >= 15 is 0 Å². The van der Waals surface area contributed by atoms with Gasteiger partial charge in [0.05, 0.1) is 9.04 Å². The average Bonchev–Trinajstić information content (AvgIpc) is 3.03. The zero-order valence-corrected chi connectivity index (χ0v) is 53.4. The van der Waals surface area contributed by atoms with Gasteiger partial charge in [-0.25, -0.2) is 36.4 Å². The van der Waals surface area contributed by atoms with Gasteiger partial charge in [-0.15, -0.1) is 36.4 Å². The summed E-state index contributed by atoms with van der Waals surface area (Å²) >= 11 is 15.9. The molecule has 0 aliphatic rings. The second-order valence-electron chi connectivity index (χ2n) is 6.55. The van der Waals surface area contributed by atoms with E-state index in [9.17, 15) is 4.79 Å². The van der Waals surface area contributed by atoms with Crippen molar-refractivity contribution in [2.45, 2.75) is 57.3 Å². The summed E-state index contributed by atoms with van der Waals surface area (Å²) in [7, 11) is 1.30. The van der Waals surface area contributed by atoms with E-state index in [-0.39, 0.29) is 98.1 Å². The molecule has 0 saturated heterocycles. The van der Waals surface area contributed by atoms with Crippen molar-refractivity contribution in [1.29, 1.82) is 0 Å². The normalized spacial score (nSPS) is 8.61. The van der Waals surface area contributed by atoms with Crippen molar-refractivity contribution >= 4 is 201 Å². The fourth-order valence-corrected chi connectivity index (χ4v) is 2.36. The van der Waals surface area contributed by atoms with Crippen LogP contribution in [0.2, 0.25) is 0 Å². The number of hydrogen-bond donors (Lipinski definition) is 0. The quantitative estimate of drug-likeness (QED) is 0.105. The Morgan fingerprint density at radius 2 is 0.878 bits per heavy atom. The van der Waals surface area contributed by atoms with Crippen LogP contribution in [0.1, 0.15) is 55.4 Å². The molecule has 0 unspecified atom stereocenters. The van der Waals surface area contributed by atoms with E-state index < -0.39 is 5.97 Å². The predicted molar refractivity (Wildman–Crippen MR) is 270 cm³/mol. The van der Waals surface area contributed by atoms with E-state index in [1.165, 1.54) is 11.5 Å². The number of ether oxygens (including phenoxy) is 1. The predicted octanol–water partition coefficient (Wildman–Crippen LogP) is 10.4. The number of alkyl halides is 6. The average molecular weight is 1680 g/mol. The molecule has 0 amide bonds. The minimum absolute atomic E-state index is 0. The number of carbonyl (C=O) groups excluding carboxylic acids is 1. The SMILES string of the molecule is CC.CC.CC.CC(I)I.CCI.IC(I)I.[CH-]=c1ccccc1=[C-]C(=O)OC.[CH-]=c1ccccc1=[C-]I.[CH-]=c1ccccc1=[CH-].[Y].[Y].[Y]. The van der Waals surface area contributed by atoms with Crippen LogP contribution < -0.4 is 31.3 Å². The number of carbonyl (C=O) groups is 1. The summed E-state index contributed by atoms with van der Waals surface area (Å²) in [6.45, 7) is 38.2. The van der Waals surface area contributed by atoms with E-state index in [0.717, 1.165) is 12.3 Å². The van der Waals surface area contributed by atoms with E-state index in [2.05, 4.69) is 164 Å².